The number of hydrogen-bond acceptors (Lipinski definition) is 4. The first-order valence-electron chi connectivity index (χ1n) is 7.60. The first-order chi connectivity index (χ1) is 11.0. The van der Waals surface area contributed by atoms with E-state index in [1.165, 1.54) is 19.1 Å². The fraction of sp³-hybridized carbons (Fsp3) is 0.263. The highest BCUT2D eigenvalue weighted by molar-refractivity contribution is 6.06. The van der Waals surface area contributed by atoms with E-state index in [1.54, 1.807) is 6.08 Å². The molecule has 4 heteroatoms. The molecule has 1 aromatic rings. The second-order valence-corrected chi connectivity index (χ2v) is 4.87. The van der Waals surface area contributed by atoms with Gasteiger partial charge in [0.25, 0.3) is 0 Å². The molecule has 1 atom stereocenters. The van der Waals surface area contributed by atoms with E-state index in [2.05, 4.69) is 0 Å². The topological polar surface area (TPSA) is 67.5 Å². The van der Waals surface area contributed by atoms with Crippen LogP contribution < -0.4 is 5.63 Å². The number of rotatable bonds is 3. The summed E-state index contributed by atoms with van der Waals surface area (Å²) in [4.78, 5) is 23.7. The lowest BCUT2D eigenvalue weighted by Gasteiger charge is -2.00. The molecule has 1 aliphatic carbocycles. The number of ketones is 1. The Bertz CT molecular complexity index is 730. The molecule has 0 saturated carbocycles. The summed E-state index contributed by atoms with van der Waals surface area (Å²) in [6, 6.07) is 1.25. The second kappa shape index (κ2) is 8.73. The summed E-state index contributed by atoms with van der Waals surface area (Å²) in [6.07, 6.45) is 12.6. The first-order valence-corrected chi connectivity index (χ1v) is 7.60. The van der Waals surface area contributed by atoms with Gasteiger partial charge in [-0.2, -0.15) is 0 Å². The first kappa shape index (κ1) is 18.4. The highest BCUT2D eigenvalue weighted by Crippen LogP contribution is 2.16. The van der Waals surface area contributed by atoms with Gasteiger partial charge in [-0.25, -0.2) is 4.79 Å². The molecule has 0 radical (unpaired) electrons. The molecular weight excluding hydrogens is 292 g/mol. The standard InChI is InChI=1S/C17H16O4.C2H6/c1-11-5-3-4-6-13(9-11)7-8-14(18)16-15(19)10-12(2)21-17(16)20;1-2/h3-11,19H,1-2H3;1-2H3/b8-7+;. The molecule has 0 aliphatic heterocycles. The molecule has 0 fully saturated rings. The zero-order valence-electron chi connectivity index (χ0n) is 13.9. The number of aromatic hydroxyl groups is 1. The van der Waals surface area contributed by atoms with Gasteiger partial charge in [-0.05, 0) is 24.5 Å². The van der Waals surface area contributed by atoms with Gasteiger partial charge in [-0.15, -0.1) is 0 Å². The van der Waals surface area contributed by atoms with Crippen LogP contribution in [-0.2, 0) is 0 Å². The van der Waals surface area contributed by atoms with Crippen molar-refractivity contribution in [1.82, 2.24) is 0 Å². The van der Waals surface area contributed by atoms with Gasteiger partial charge in [0.15, 0.2) is 5.78 Å². The van der Waals surface area contributed by atoms with Crippen LogP contribution in [0.5, 0.6) is 5.75 Å². The predicted octanol–water partition coefficient (Wildman–Crippen LogP) is 4.11. The lowest BCUT2D eigenvalue weighted by molar-refractivity contribution is 0.104. The number of allylic oxidation sites excluding steroid dienone is 8. The van der Waals surface area contributed by atoms with E-state index >= 15 is 0 Å². The van der Waals surface area contributed by atoms with Crippen LogP contribution in [0.3, 0.4) is 0 Å². The monoisotopic (exact) mass is 314 g/mol. The van der Waals surface area contributed by atoms with Gasteiger partial charge < -0.3 is 9.52 Å². The van der Waals surface area contributed by atoms with Crippen LogP contribution in [0.25, 0.3) is 0 Å². The Labute approximate surface area is 136 Å². The van der Waals surface area contributed by atoms with Crippen molar-refractivity contribution in [3.63, 3.8) is 0 Å². The van der Waals surface area contributed by atoms with Crippen LogP contribution in [0.1, 0.15) is 36.9 Å². The highest BCUT2D eigenvalue weighted by atomic mass is 16.4. The maximum atomic E-state index is 12.0. The van der Waals surface area contributed by atoms with Gasteiger partial charge in [-0.3, -0.25) is 4.79 Å². The van der Waals surface area contributed by atoms with Crippen molar-refractivity contribution in [3.8, 4) is 5.75 Å². The van der Waals surface area contributed by atoms with E-state index in [1.807, 2.05) is 51.2 Å². The third-order valence-corrected chi connectivity index (χ3v) is 3.00. The SMILES string of the molecule is CC.Cc1cc(O)c(C(=O)/C=C/C2=CC(C)C=CC=C2)c(=O)o1. The number of carbonyl (C=O) groups is 1. The maximum Gasteiger partial charge on any atom is 0.351 e. The second-order valence-electron chi connectivity index (χ2n) is 4.87. The minimum atomic E-state index is -0.831. The van der Waals surface area contributed by atoms with Crippen molar-refractivity contribution >= 4 is 5.78 Å². The average Bonchev–Trinajstić information content (AvgIpc) is 2.70. The van der Waals surface area contributed by atoms with E-state index < -0.39 is 11.4 Å². The molecule has 0 amide bonds. The van der Waals surface area contributed by atoms with Crippen molar-refractivity contribution in [2.75, 3.05) is 0 Å². The van der Waals surface area contributed by atoms with E-state index in [0.29, 0.717) is 0 Å². The number of carbonyl (C=O) groups excluding carboxylic acids is 1. The van der Waals surface area contributed by atoms with Crippen LogP contribution >= 0.6 is 0 Å². The Morgan fingerprint density at radius 3 is 2.65 bits per heavy atom. The normalized spacial score (nSPS) is 16.5. The minimum absolute atomic E-state index is 0.257. The fourth-order valence-corrected chi connectivity index (χ4v) is 2.01. The Hall–Kier alpha value is -2.62. The predicted molar refractivity (Wildman–Crippen MR) is 91.7 cm³/mol. The van der Waals surface area contributed by atoms with Crippen LogP contribution in [0.15, 0.2) is 63.4 Å². The molecule has 4 nitrogen and oxygen atoms in total. The molecule has 0 saturated heterocycles. The molecule has 1 N–H and O–H groups in total. The van der Waals surface area contributed by atoms with Gasteiger partial charge in [0.05, 0.1) is 0 Å². The van der Waals surface area contributed by atoms with Gasteiger partial charge >= 0.3 is 5.63 Å². The zero-order valence-corrected chi connectivity index (χ0v) is 13.9. The molecule has 122 valence electrons. The summed E-state index contributed by atoms with van der Waals surface area (Å²) in [7, 11) is 0. The van der Waals surface area contributed by atoms with Crippen LogP contribution in [0, 0.1) is 12.8 Å². The summed E-state index contributed by atoms with van der Waals surface area (Å²) >= 11 is 0. The number of aryl methyl sites for hydroxylation is 1. The molecule has 0 spiro atoms. The largest absolute Gasteiger partial charge is 0.507 e. The minimum Gasteiger partial charge on any atom is -0.507 e. The quantitative estimate of drug-likeness (QED) is 0.673. The maximum absolute atomic E-state index is 12.0. The summed E-state index contributed by atoms with van der Waals surface area (Å²) in [6.45, 7) is 7.56. The van der Waals surface area contributed by atoms with Crippen molar-refractivity contribution in [2.45, 2.75) is 27.7 Å². The van der Waals surface area contributed by atoms with Crippen molar-refractivity contribution < 1.29 is 14.3 Å². The van der Waals surface area contributed by atoms with Crippen molar-refractivity contribution in [2.24, 2.45) is 5.92 Å². The Balaban J connectivity index is 0.00000127. The van der Waals surface area contributed by atoms with Gasteiger partial charge in [0.2, 0.25) is 0 Å². The third-order valence-electron chi connectivity index (χ3n) is 3.00. The molecular formula is C19H22O4. The van der Waals surface area contributed by atoms with E-state index in [9.17, 15) is 14.7 Å². The summed E-state index contributed by atoms with van der Waals surface area (Å²) in [5.74, 6) is -0.431. The van der Waals surface area contributed by atoms with Gasteiger partial charge in [-0.1, -0.05) is 57.2 Å². The Morgan fingerprint density at radius 1 is 1.30 bits per heavy atom. The van der Waals surface area contributed by atoms with E-state index in [0.717, 1.165) is 5.57 Å². The molecule has 1 unspecified atom stereocenters. The highest BCUT2D eigenvalue weighted by Gasteiger charge is 2.15. The van der Waals surface area contributed by atoms with Crippen LogP contribution in [0.2, 0.25) is 0 Å². The average molecular weight is 314 g/mol. The molecule has 2 rings (SSSR count). The summed E-state index contributed by atoms with van der Waals surface area (Å²) < 4.78 is 4.83. The Morgan fingerprint density at radius 2 is 2.00 bits per heavy atom. The summed E-state index contributed by atoms with van der Waals surface area (Å²) in [5, 5.41) is 9.71. The van der Waals surface area contributed by atoms with Crippen LogP contribution in [0.4, 0.5) is 0 Å². The van der Waals surface area contributed by atoms with Crippen molar-refractivity contribution in [1.29, 1.82) is 0 Å². The molecule has 0 bridgehead atoms. The molecule has 23 heavy (non-hydrogen) atoms. The molecule has 1 heterocycles. The molecule has 1 aromatic heterocycles. The van der Waals surface area contributed by atoms with Gasteiger partial charge in [0.1, 0.15) is 17.1 Å². The smallest absolute Gasteiger partial charge is 0.351 e. The van der Waals surface area contributed by atoms with E-state index in [-0.39, 0.29) is 23.0 Å². The molecule has 1 aliphatic rings. The van der Waals surface area contributed by atoms with E-state index in [4.69, 9.17) is 4.42 Å². The third kappa shape index (κ3) is 5.25. The zero-order chi connectivity index (χ0) is 17.4. The summed E-state index contributed by atoms with van der Waals surface area (Å²) in [5.41, 5.74) is -0.319. The van der Waals surface area contributed by atoms with Crippen molar-refractivity contribution in [3.05, 3.63) is 75.9 Å². The number of hydrogen-bond donors (Lipinski definition) is 1. The Kier molecular flexibility index (Phi) is 7.00. The lowest BCUT2D eigenvalue weighted by atomic mass is 10.1. The van der Waals surface area contributed by atoms with Gasteiger partial charge in [0, 0.05) is 6.07 Å². The fourth-order valence-electron chi connectivity index (χ4n) is 2.01. The van der Waals surface area contributed by atoms with Crippen LogP contribution in [-0.4, -0.2) is 10.9 Å². The molecule has 0 aromatic carbocycles. The lowest BCUT2D eigenvalue weighted by Crippen LogP contribution is -2.13.